The van der Waals surface area contributed by atoms with Crippen LogP contribution in [-0.2, 0) is 20.1 Å². The lowest BCUT2D eigenvalue weighted by molar-refractivity contribution is -0.146. The van der Waals surface area contributed by atoms with Gasteiger partial charge in [0, 0.05) is 50.0 Å². The number of amides is 1. The van der Waals surface area contributed by atoms with E-state index >= 15 is 0 Å². The molecule has 0 spiro atoms. The van der Waals surface area contributed by atoms with E-state index < -0.39 is 12.1 Å². The summed E-state index contributed by atoms with van der Waals surface area (Å²) in [6, 6.07) is 7.99. The smallest absolute Gasteiger partial charge is 0.350 e. The number of imidazole rings is 1. The third kappa shape index (κ3) is 3.92. The highest BCUT2D eigenvalue weighted by Gasteiger charge is 2.37. The number of pyridine rings is 1. The third-order valence-electron chi connectivity index (χ3n) is 6.69. The summed E-state index contributed by atoms with van der Waals surface area (Å²) in [5, 5.41) is 0.683. The highest BCUT2D eigenvalue weighted by atomic mass is 19.4. The average Bonchev–Trinajstić information content (AvgIpc) is 3.37. The molecular formula is C25H24F3N5O2. The zero-order valence-electron chi connectivity index (χ0n) is 19.5. The number of aryl methyl sites for hydroxylation is 2. The van der Waals surface area contributed by atoms with E-state index in [-0.39, 0.29) is 29.3 Å². The summed E-state index contributed by atoms with van der Waals surface area (Å²) in [5.74, 6) is -1.89. The lowest BCUT2D eigenvalue weighted by atomic mass is 9.98. The minimum absolute atomic E-state index is 0.182. The molecule has 4 heterocycles. The second-order valence-electron chi connectivity index (χ2n) is 9.01. The van der Waals surface area contributed by atoms with Crippen LogP contribution in [0.5, 0.6) is 0 Å². The molecule has 0 fully saturated rings. The quantitative estimate of drug-likeness (QED) is 0.438. The van der Waals surface area contributed by atoms with E-state index in [0.29, 0.717) is 24.2 Å². The van der Waals surface area contributed by atoms with Gasteiger partial charge in [0.2, 0.25) is 0 Å². The summed E-state index contributed by atoms with van der Waals surface area (Å²) in [7, 11) is 1.82. The number of fused-ring (bicyclic) bond motifs is 2. The molecular weight excluding hydrogens is 459 g/mol. The predicted molar refractivity (Wildman–Crippen MR) is 125 cm³/mol. The summed E-state index contributed by atoms with van der Waals surface area (Å²) >= 11 is 0. The number of aromatic nitrogens is 4. The molecule has 182 valence electrons. The van der Waals surface area contributed by atoms with Gasteiger partial charge in [-0.3, -0.25) is 9.59 Å². The summed E-state index contributed by atoms with van der Waals surface area (Å²) in [4.78, 5) is 32.1. The summed E-state index contributed by atoms with van der Waals surface area (Å²) in [5.41, 5.74) is 2.93. The fourth-order valence-electron chi connectivity index (χ4n) is 4.64. The van der Waals surface area contributed by atoms with Crippen molar-refractivity contribution in [1.29, 1.82) is 0 Å². The van der Waals surface area contributed by atoms with E-state index in [9.17, 15) is 22.8 Å². The van der Waals surface area contributed by atoms with E-state index in [1.807, 2.05) is 24.7 Å². The lowest BCUT2D eigenvalue weighted by Gasteiger charge is -2.29. The van der Waals surface area contributed by atoms with Crippen molar-refractivity contribution in [2.24, 2.45) is 7.05 Å². The van der Waals surface area contributed by atoms with Gasteiger partial charge in [0.05, 0.1) is 17.9 Å². The van der Waals surface area contributed by atoms with Crippen LogP contribution in [-0.4, -0.2) is 42.2 Å². The first-order valence-corrected chi connectivity index (χ1v) is 11.2. The molecule has 1 atom stereocenters. The number of rotatable bonds is 4. The van der Waals surface area contributed by atoms with Gasteiger partial charge in [-0.25, -0.2) is 4.98 Å². The van der Waals surface area contributed by atoms with Crippen LogP contribution in [0.1, 0.15) is 40.2 Å². The van der Waals surface area contributed by atoms with Crippen molar-refractivity contribution >= 4 is 16.8 Å². The molecule has 1 aliphatic rings. The van der Waals surface area contributed by atoms with Gasteiger partial charge in [-0.1, -0.05) is 6.07 Å². The number of benzene rings is 1. The van der Waals surface area contributed by atoms with E-state index in [0.717, 1.165) is 23.7 Å². The molecule has 1 amide bonds. The number of carbonyl (C=O) groups excluding carboxylic acids is 1. The molecule has 0 N–H and O–H groups in total. The topological polar surface area (TPSA) is 65.1 Å². The molecule has 4 aromatic rings. The van der Waals surface area contributed by atoms with Gasteiger partial charge in [0.15, 0.2) is 0 Å². The zero-order chi connectivity index (χ0) is 25.1. The van der Waals surface area contributed by atoms with Crippen LogP contribution in [0.4, 0.5) is 13.2 Å². The van der Waals surface area contributed by atoms with E-state index in [4.69, 9.17) is 0 Å². The van der Waals surface area contributed by atoms with E-state index in [1.54, 1.807) is 46.3 Å². The van der Waals surface area contributed by atoms with Crippen molar-refractivity contribution < 1.29 is 18.0 Å². The van der Waals surface area contributed by atoms with Gasteiger partial charge >= 0.3 is 6.18 Å². The molecule has 0 saturated carbocycles. The number of hydrogen-bond acceptors (Lipinski definition) is 3. The van der Waals surface area contributed by atoms with Gasteiger partial charge in [-0.05, 0) is 49.2 Å². The second-order valence-corrected chi connectivity index (χ2v) is 9.01. The van der Waals surface area contributed by atoms with Crippen molar-refractivity contribution in [3.8, 4) is 5.69 Å². The molecule has 7 nitrogen and oxygen atoms in total. The number of halogens is 3. The number of nitrogens with zero attached hydrogens (tertiary/aromatic N) is 5. The van der Waals surface area contributed by atoms with Crippen molar-refractivity contribution in [2.45, 2.75) is 39.0 Å². The largest absolute Gasteiger partial charge is 0.395 e. The third-order valence-corrected chi connectivity index (χ3v) is 6.69. The average molecular weight is 483 g/mol. The van der Waals surface area contributed by atoms with Crippen LogP contribution < -0.4 is 5.56 Å². The normalized spacial score (nSPS) is 15.0. The van der Waals surface area contributed by atoms with Gasteiger partial charge in [0.25, 0.3) is 11.5 Å². The first kappa shape index (κ1) is 22.9. The number of carbonyl (C=O) groups is 1. The Kier molecular flexibility index (Phi) is 5.34. The monoisotopic (exact) mass is 483 g/mol. The second kappa shape index (κ2) is 8.14. The minimum atomic E-state index is -4.34. The molecule has 10 heteroatoms. The Balaban J connectivity index is 1.46. The Labute approximate surface area is 199 Å². The summed E-state index contributed by atoms with van der Waals surface area (Å²) in [6.45, 7) is 3.84. The van der Waals surface area contributed by atoms with Crippen LogP contribution in [0.2, 0.25) is 0 Å². The maximum absolute atomic E-state index is 13.3. The highest BCUT2D eigenvalue weighted by molar-refractivity contribution is 5.94. The molecule has 0 aliphatic carbocycles. The van der Waals surface area contributed by atoms with Crippen molar-refractivity contribution in [1.82, 2.24) is 23.6 Å². The molecule has 1 aliphatic heterocycles. The van der Waals surface area contributed by atoms with Crippen LogP contribution in [0.15, 0.2) is 53.8 Å². The van der Waals surface area contributed by atoms with Gasteiger partial charge in [0.1, 0.15) is 11.4 Å². The van der Waals surface area contributed by atoms with Crippen molar-refractivity contribution in [2.75, 3.05) is 6.54 Å². The Hall–Kier alpha value is -3.82. The number of hydrogen-bond donors (Lipinski definition) is 0. The van der Waals surface area contributed by atoms with Gasteiger partial charge in [-0.2, -0.15) is 13.2 Å². The molecule has 35 heavy (non-hydrogen) atoms. The maximum Gasteiger partial charge on any atom is 0.395 e. The Bertz CT molecular complexity index is 1510. The van der Waals surface area contributed by atoms with E-state index in [2.05, 4.69) is 4.98 Å². The van der Waals surface area contributed by atoms with Crippen LogP contribution in [0.3, 0.4) is 0 Å². The fourth-order valence-corrected chi connectivity index (χ4v) is 4.64. The highest BCUT2D eigenvalue weighted by Crippen LogP contribution is 2.36. The fraction of sp³-hybridized carbons (Fsp3) is 0.320. The van der Waals surface area contributed by atoms with Crippen LogP contribution in [0, 0.1) is 6.92 Å². The Morgan fingerprint density at radius 2 is 1.86 bits per heavy atom. The molecule has 0 radical (unpaired) electrons. The van der Waals surface area contributed by atoms with Crippen LogP contribution in [0.25, 0.3) is 16.6 Å². The predicted octanol–water partition coefficient (Wildman–Crippen LogP) is 4.16. The van der Waals surface area contributed by atoms with Gasteiger partial charge in [-0.15, -0.1) is 0 Å². The van der Waals surface area contributed by atoms with Gasteiger partial charge < -0.3 is 18.6 Å². The molecule has 3 aromatic heterocycles. The summed E-state index contributed by atoms with van der Waals surface area (Å²) < 4.78 is 44.8. The Morgan fingerprint density at radius 3 is 2.54 bits per heavy atom. The number of alkyl halides is 3. The van der Waals surface area contributed by atoms with Crippen molar-refractivity contribution in [3.05, 3.63) is 81.9 Å². The molecule has 0 saturated heterocycles. The minimum Gasteiger partial charge on any atom is -0.350 e. The molecule has 1 aromatic carbocycles. The molecule has 1 unspecified atom stereocenters. The summed E-state index contributed by atoms with van der Waals surface area (Å²) in [6.07, 6.45) is 0.808. The lowest BCUT2D eigenvalue weighted by Crippen LogP contribution is -2.44. The molecule has 5 rings (SSSR count). The first-order valence-electron chi connectivity index (χ1n) is 11.2. The first-order chi connectivity index (χ1) is 16.5. The maximum atomic E-state index is 13.3. The van der Waals surface area contributed by atoms with Crippen LogP contribution >= 0.6 is 0 Å². The SMILES string of the molecule is Cc1cn(-c2ccc3n(c2=O)CCN(Cc2cn(C)c4ccc(C(C)C(F)(F)F)cc24)C3=O)cn1. The van der Waals surface area contributed by atoms with Crippen molar-refractivity contribution in [3.63, 3.8) is 0 Å². The standard InChI is InChI=1S/C25H24F3N5O2/c1-15-11-32(14-29-15)21-6-7-22-23(34)31(8-9-33(22)24(21)35)13-18-12-30(3)20-5-4-17(10-19(18)20)16(2)25(26,27)28/h4-7,10-12,14,16H,8-9,13H2,1-3H3. The zero-order valence-corrected chi connectivity index (χ0v) is 19.5. The van der Waals surface area contributed by atoms with E-state index in [1.165, 1.54) is 10.6 Å². The molecule has 0 bridgehead atoms. The Morgan fingerprint density at radius 1 is 1.09 bits per heavy atom.